The van der Waals surface area contributed by atoms with E-state index < -0.39 is 25.6 Å². The van der Waals surface area contributed by atoms with Crippen LogP contribution in [0.5, 0.6) is 0 Å². The van der Waals surface area contributed by atoms with Crippen LogP contribution < -0.4 is 5.32 Å². The highest BCUT2D eigenvalue weighted by Gasteiger charge is 2.59. The van der Waals surface area contributed by atoms with E-state index in [1.807, 2.05) is 0 Å². The Morgan fingerprint density at radius 2 is 2.00 bits per heavy atom. The minimum absolute atomic E-state index is 0.167. The third kappa shape index (κ3) is 2.13. The van der Waals surface area contributed by atoms with Crippen LogP contribution in [0.4, 0.5) is 11.4 Å². The number of benzene rings is 1. The van der Waals surface area contributed by atoms with Gasteiger partial charge in [-0.05, 0) is 25.5 Å². The van der Waals surface area contributed by atoms with Gasteiger partial charge in [0, 0.05) is 13.1 Å². The first-order valence-electron chi connectivity index (χ1n) is 6.14. The quantitative estimate of drug-likeness (QED) is 0.658. The predicted molar refractivity (Wildman–Crippen MR) is 76.2 cm³/mol. The molecule has 1 aromatic rings. The highest BCUT2D eigenvalue weighted by atomic mass is 32.2. The van der Waals surface area contributed by atoms with Crippen LogP contribution in [0.1, 0.15) is 19.4 Å². The van der Waals surface area contributed by atoms with Crippen LogP contribution in [0.15, 0.2) is 18.2 Å². The number of nitro benzene ring substituents is 1. The minimum Gasteiger partial charge on any atom is -0.383 e. The Morgan fingerprint density at radius 1 is 1.38 bits per heavy atom. The number of nitrogens with one attached hydrogen (secondary N) is 1. The molecule has 0 radical (unpaired) electrons. The molecular formula is C12H15N3O5S. The summed E-state index contributed by atoms with van der Waals surface area (Å²) >= 11 is 0. The molecule has 0 aromatic heterocycles. The molecule has 1 aliphatic rings. The van der Waals surface area contributed by atoms with Crippen molar-refractivity contribution in [3.8, 4) is 0 Å². The molecule has 1 heterocycles. The lowest BCUT2D eigenvalue weighted by Crippen LogP contribution is -2.66. The van der Waals surface area contributed by atoms with E-state index in [2.05, 4.69) is 5.32 Å². The van der Waals surface area contributed by atoms with E-state index in [1.165, 1.54) is 26.0 Å². The number of hydrogen-bond acceptors (Lipinski definition) is 6. The summed E-state index contributed by atoms with van der Waals surface area (Å²) in [4.78, 5) is 22.2. The van der Waals surface area contributed by atoms with E-state index in [9.17, 15) is 23.3 Å². The van der Waals surface area contributed by atoms with Gasteiger partial charge in [-0.1, -0.05) is 6.07 Å². The lowest BCUT2D eigenvalue weighted by Gasteiger charge is -2.43. The Hall–Kier alpha value is -2.16. The molecule has 0 aliphatic carbocycles. The zero-order valence-electron chi connectivity index (χ0n) is 11.8. The number of carbonyl (C=O) groups excluding carboxylic acids is 1. The zero-order chi connectivity index (χ0) is 16.0. The molecule has 2 rings (SSSR count). The topological polar surface area (TPSA) is 110 Å². The van der Waals surface area contributed by atoms with Gasteiger partial charge in [-0.15, -0.1) is 0 Å². The van der Waals surface area contributed by atoms with E-state index in [-0.39, 0.29) is 12.2 Å². The van der Waals surface area contributed by atoms with E-state index in [1.54, 1.807) is 13.1 Å². The van der Waals surface area contributed by atoms with Crippen LogP contribution in [-0.2, 0) is 21.4 Å². The van der Waals surface area contributed by atoms with Gasteiger partial charge >= 0.3 is 0 Å². The van der Waals surface area contributed by atoms with Crippen molar-refractivity contribution in [2.24, 2.45) is 0 Å². The molecule has 8 nitrogen and oxygen atoms in total. The average molecular weight is 313 g/mol. The third-order valence-corrected chi connectivity index (χ3v) is 5.87. The lowest BCUT2D eigenvalue weighted by molar-refractivity contribution is -0.384. The Morgan fingerprint density at radius 3 is 2.48 bits per heavy atom. The van der Waals surface area contributed by atoms with Crippen molar-refractivity contribution in [1.82, 2.24) is 4.31 Å². The number of nitro groups is 1. The Labute approximate surface area is 122 Å². The second-order valence-corrected chi connectivity index (χ2v) is 7.60. The number of carbonyl (C=O) groups is 1. The van der Waals surface area contributed by atoms with Gasteiger partial charge in [0.1, 0.15) is 5.69 Å². The van der Waals surface area contributed by atoms with Gasteiger partial charge in [-0.25, -0.2) is 12.7 Å². The first kappa shape index (κ1) is 15.2. The summed E-state index contributed by atoms with van der Waals surface area (Å²) in [5.74, 6) is -0.511. The molecule has 0 saturated carbocycles. The normalized spacial score (nSPS) is 19.0. The molecule has 0 bridgehead atoms. The monoisotopic (exact) mass is 313 g/mol. The van der Waals surface area contributed by atoms with Crippen LogP contribution in [0.3, 0.4) is 0 Å². The minimum atomic E-state index is -3.70. The molecular weight excluding hydrogens is 298 g/mol. The van der Waals surface area contributed by atoms with Gasteiger partial charge < -0.3 is 5.32 Å². The SMILES string of the molecule is CNc1ccc(CN2C(=O)C(C)(C)S2(=O)=O)cc1[N+](=O)[O-]. The number of amides is 1. The fraction of sp³-hybridized carbons (Fsp3) is 0.417. The molecule has 1 fully saturated rings. The summed E-state index contributed by atoms with van der Waals surface area (Å²) in [5, 5.41) is 13.6. The lowest BCUT2D eigenvalue weighted by atomic mass is 10.1. The number of anilines is 1. The van der Waals surface area contributed by atoms with Gasteiger partial charge in [-0.3, -0.25) is 14.9 Å². The van der Waals surface area contributed by atoms with E-state index in [0.29, 0.717) is 11.3 Å². The van der Waals surface area contributed by atoms with Gasteiger partial charge in [0.2, 0.25) is 0 Å². The third-order valence-electron chi connectivity index (χ3n) is 3.53. The van der Waals surface area contributed by atoms with Crippen LogP contribution in [0, 0.1) is 10.1 Å². The van der Waals surface area contributed by atoms with Gasteiger partial charge in [0.05, 0.1) is 11.5 Å². The first-order valence-corrected chi connectivity index (χ1v) is 7.58. The average Bonchev–Trinajstić information content (AvgIpc) is 2.43. The molecule has 1 aliphatic heterocycles. The second-order valence-electron chi connectivity index (χ2n) is 5.19. The Balaban J connectivity index is 2.32. The van der Waals surface area contributed by atoms with E-state index >= 15 is 0 Å². The largest absolute Gasteiger partial charge is 0.383 e. The number of hydrogen-bond donors (Lipinski definition) is 1. The van der Waals surface area contributed by atoms with Crippen LogP contribution in [-0.4, -0.2) is 35.3 Å². The fourth-order valence-electron chi connectivity index (χ4n) is 2.12. The van der Waals surface area contributed by atoms with Crippen molar-refractivity contribution in [3.05, 3.63) is 33.9 Å². The van der Waals surface area contributed by atoms with Crippen molar-refractivity contribution in [2.75, 3.05) is 12.4 Å². The van der Waals surface area contributed by atoms with E-state index in [0.717, 1.165) is 4.31 Å². The molecule has 0 atom stereocenters. The molecule has 21 heavy (non-hydrogen) atoms. The van der Waals surface area contributed by atoms with Gasteiger partial charge in [-0.2, -0.15) is 0 Å². The molecule has 1 aromatic carbocycles. The standard InChI is InChI=1S/C12H15N3O5S/c1-12(2)11(16)14(21(12,19)20)7-8-4-5-9(13-3)10(6-8)15(17)18/h4-6,13H,7H2,1-3H3. The molecule has 1 saturated heterocycles. The molecule has 9 heteroatoms. The van der Waals surface area contributed by atoms with Gasteiger partial charge in [0.15, 0.2) is 4.75 Å². The van der Waals surface area contributed by atoms with Crippen molar-refractivity contribution in [3.63, 3.8) is 0 Å². The van der Waals surface area contributed by atoms with Crippen molar-refractivity contribution < 1.29 is 18.1 Å². The first-order chi connectivity index (χ1) is 9.62. The van der Waals surface area contributed by atoms with Crippen molar-refractivity contribution >= 4 is 27.3 Å². The predicted octanol–water partition coefficient (Wildman–Crippen LogP) is 1.09. The fourth-order valence-corrected chi connectivity index (χ4v) is 3.63. The maximum absolute atomic E-state index is 12.0. The summed E-state index contributed by atoms with van der Waals surface area (Å²) < 4.78 is 23.3. The second kappa shape index (κ2) is 4.69. The van der Waals surface area contributed by atoms with E-state index in [4.69, 9.17) is 0 Å². The molecule has 0 spiro atoms. The van der Waals surface area contributed by atoms with Crippen LogP contribution >= 0.6 is 0 Å². The summed E-state index contributed by atoms with van der Waals surface area (Å²) in [6, 6.07) is 4.29. The molecule has 1 amide bonds. The summed E-state index contributed by atoms with van der Waals surface area (Å²) in [6.07, 6.45) is 0. The smallest absolute Gasteiger partial charge is 0.292 e. The maximum atomic E-state index is 12.0. The highest BCUT2D eigenvalue weighted by molar-refractivity contribution is 7.94. The summed E-state index contributed by atoms with van der Waals surface area (Å²) in [6.45, 7) is 2.48. The highest BCUT2D eigenvalue weighted by Crippen LogP contribution is 2.36. The molecule has 1 N–H and O–H groups in total. The molecule has 114 valence electrons. The summed E-state index contributed by atoms with van der Waals surface area (Å²) in [5.41, 5.74) is 0.537. The zero-order valence-corrected chi connectivity index (χ0v) is 12.6. The number of nitrogens with zero attached hydrogens (tertiary/aromatic N) is 2. The van der Waals surface area contributed by atoms with Crippen LogP contribution in [0.25, 0.3) is 0 Å². The number of rotatable bonds is 4. The number of sulfonamides is 1. The van der Waals surface area contributed by atoms with Gasteiger partial charge in [0.25, 0.3) is 21.6 Å². The Kier molecular flexibility index (Phi) is 3.40. The van der Waals surface area contributed by atoms with Crippen molar-refractivity contribution in [2.45, 2.75) is 25.1 Å². The molecule has 0 unspecified atom stereocenters. The Bertz CT molecular complexity index is 726. The maximum Gasteiger partial charge on any atom is 0.292 e. The van der Waals surface area contributed by atoms with Crippen molar-refractivity contribution in [1.29, 1.82) is 0 Å². The van der Waals surface area contributed by atoms with Crippen LogP contribution in [0.2, 0.25) is 0 Å². The summed E-state index contributed by atoms with van der Waals surface area (Å²) in [7, 11) is -2.15.